The Labute approximate surface area is 116 Å². The summed E-state index contributed by atoms with van der Waals surface area (Å²) in [6.45, 7) is 0.518. The molecule has 0 unspecified atom stereocenters. The molecule has 0 saturated carbocycles. The van der Waals surface area contributed by atoms with Crippen molar-refractivity contribution < 1.29 is 24.4 Å². The van der Waals surface area contributed by atoms with E-state index in [4.69, 9.17) is 15.5 Å². The van der Waals surface area contributed by atoms with Crippen molar-refractivity contribution in [1.82, 2.24) is 5.32 Å². The van der Waals surface area contributed by atoms with Gasteiger partial charge < -0.3 is 25.8 Å². The van der Waals surface area contributed by atoms with Gasteiger partial charge in [0.2, 0.25) is 5.91 Å². The normalized spacial score (nSPS) is 23.2. The fraction of sp³-hybridized carbons (Fsp3) is 0.800. The number of carboxylic acid groups (broad SMARTS) is 1. The van der Waals surface area contributed by atoms with E-state index in [2.05, 4.69) is 5.32 Å². The lowest BCUT2D eigenvalue weighted by Gasteiger charge is -2.30. The van der Waals surface area contributed by atoms with E-state index in [1.807, 2.05) is 0 Å². The monoisotopic (exact) mass is 290 g/mol. The number of hydrogen-bond donors (Lipinski definition) is 4. The Morgan fingerprint density at radius 3 is 2.79 bits per heavy atom. The maximum Gasteiger partial charge on any atom is 0.478 e. The van der Waals surface area contributed by atoms with E-state index in [9.17, 15) is 14.6 Å². The Balaban J connectivity index is 2.29. The average molecular weight is 290 g/mol. The standard InChI is InChI=1S/C10H19BN2O5S/c12-3-4-19-6-9(14)13-8-2-1-7(5-10(15)16)18-11(8)17/h7-8,17H,1-6,12H2,(H,13,14)(H,15,16)/t7-,8-/m0/s1. The highest BCUT2D eigenvalue weighted by Crippen LogP contribution is 2.18. The Hall–Kier alpha value is -0.765. The number of nitrogens with one attached hydrogen (secondary N) is 1. The molecule has 1 heterocycles. The molecule has 0 aromatic rings. The zero-order chi connectivity index (χ0) is 14.3. The van der Waals surface area contributed by atoms with E-state index in [-0.39, 0.29) is 12.3 Å². The number of rotatable bonds is 7. The van der Waals surface area contributed by atoms with Crippen molar-refractivity contribution in [2.75, 3.05) is 18.1 Å². The second kappa shape index (κ2) is 8.41. The number of carbonyl (C=O) groups excluding carboxylic acids is 1. The minimum Gasteiger partial charge on any atom is -0.481 e. The smallest absolute Gasteiger partial charge is 0.478 e. The highest BCUT2D eigenvalue weighted by atomic mass is 32.2. The van der Waals surface area contributed by atoms with Gasteiger partial charge in [0.1, 0.15) is 0 Å². The van der Waals surface area contributed by atoms with Crippen LogP contribution >= 0.6 is 11.8 Å². The van der Waals surface area contributed by atoms with Gasteiger partial charge in [0.15, 0.2) is 0 Å². The number of aliphatic carboxylic acids is 1. The van der Waals surface area contributed by atoms with Gasteiger partial charge in [0, 0.05) is 12.3 Å². The molecule has 0 bridgehead atoms. The Morgan fingerprint density at radius 2 is 2.21 bits per heavy atom. The van der Waals surface area contributed by atoms with Crippen molar-refractivity contribution in [3.63, 3.8) is 0 Å². The van der Waals surface area contributed by atoms with Crippen molar-refractivity contribution in [1.29, 1.82) is 0 Å². The van der Waals surface area contributed by atoms with E-state index < -0.39 is 25.1 Å². The molecule has 1 rings (SSSR count). The van der Waals surface area contributed by atoms with Crippen molar-refractivity contribution in [3.05, 3.63) is 0 Å². The molecule has 7 nitrogen and oxygen atoms in total. The Morgan fingerprint density at radius 1 is 1.47 bits per heavy atom. The van der Waals surface area contributed by atoms with Gasteiger partial charge in [-0.05, 0) is 12.8 Å². The van der Waals surface area contributed by atoms with Crippen LogP contribution in [0, 0.1) is 0 Å². The summed E-state index contributed by atoms with van der Waals surface area (Å²) in [4.78, 5) is 22.1. The molecule has 19 heavy (non-hydrogen) atoms. The molecule has 0 aromatic heterocycles. The van der Waals surface area contributed by atoms with Crippen LogP contribution in [0.25, 0.3) is 0 Å². The van der Waals surface area contributed by atoms with Crippen molar-refractivity contribution in [2.24, 2.45) is 5.73 Å². The predicted octanol–water partition coefficient (Wildman–Crippen LogP) is -1.16. The van der Waals surface area contributed by atoms with Gasteiger partial charge in [0.05, 0.1) is 24.2 Å². The highest BCUT2D eigenvalue weighted by molar-refractivity contribution is 7.99. The summed E-state index contributed by atoms with van der Waals surface area (Å²) in [5.41, 5.74) is 5.32. The molecule has 1 aliphatic rings. The molecule has 1 fully saturated rings. The molecule has 0 radical (unpaired) electrons. The first-order valence-electron chi connectivity index (χ1n) is 6.15. The lowest BCUT2D eigenvalue weighted by molar-refractivity contribution is -0.139. The van der Waals surface area contributed by atoms with E-state index in [0.29, 0.717) is 30.9 Å². The van der Waals surface area contributed by atoms with Gasteiger partial charge >= 0.3 is 13.1 Å². The van der Waals surface area contributed by atoms with Crippen LogP contribution in [0.5, 0.6) is 0 Å². The molecule has 1 aliphatic heterocycles. The summed E-state index contributed by atoms with van der Waals surface area (Å²) in [6.07, 6.45) is 0.382. The topological polar surface area (TPSA) is 122 Å². The summed E-state index contributed by atoms with van der Waals surface area (Å²) in [5.74, 6) is -0.617. The van der Waals surface area contributed by atoms with Crippen molar-refractivity contribution in [2.45, 2.75) is 31.3 Å². The number of amides is 1. The molecule has 5 N–H and O–H groups in total. The summed E-state index contributed by atoms with van der Waals surface area (Å²) in [5, 5.41) is 21.0. The third kappa shape index (κ3) is 6.28. The van der Waals surface area contributed by atoms with Gasteiger partial charge in [-0.25, -0.2) is 0 Å². The summed E-state index contributed by atoms with van der Waals surface area (Å²) < 4.78 is 5.17. The van der Waals surface area contributed by atoms with Crippen molar-refractivity contribution >= 4 is 30.8 Å². The SMILES string of the molecule is NCCSCC(=O)N[C@H]1CC[C@@H](CC(=O)O)OB1O. The minimum atomic E-state index is -1.15. The Kier molecular flexibility index (Phi) is 7.21. The maximum absolute atomic E-state index is 11.6. The molecular weight excluding hydrogens is 271 g/mol. The first kappa shape index (κ1) is 16.3. The number of nitrogens with two attached hydrogens (primary N) is 1. The number of thioether (sulfide) groups is 1. The zero-order valence-electron chi connectivity index (χ0n) is 10.6. The van der Waals surface area contributed by atoms with Gasteiger partial charge in [-0.3, -0.25) is 9.59 Å². The maximum atomic E-state index is 11.6. The minimum absolute atomic E-state index is 0.135. The van der Waals surface area contributed by atoms with Crippen LogP contribution in [-0.4, -0.2) is 59.2 Å². The molecule has 1 amide bonds. The van der Waals surface area contributed by atoms with E-state index >= 15 is 0 Å². The fourth-order valence-corrected chi connectivity index (χ4v) is 2.43. The molecule has 0 spiro atoms. The van der Waals surface area contributed by atoms with Crippen LogP contribution in [-0.2, 0) is 14.2 Å². The molecule has 0 aliphatic carbocycles. The third-order valence-electron chi connectivity index (χ3n) is 2.72. The van der Waals surface area contributed by atoms with Gasteiger partial charge in [0.25, 0.3) is 0 Å². The molecule has 2 atom stereocenters. The first-order valence-corrected chi connectivity index (χ1v) is 7.31. The second-order valence-electron chi connectivity index (χ2n) is 4.34. The first-order chi connectivity index (χ1) is 9.02. The molecule has 0 aromatic carbocycles. The highest BCUT2D eigenvalue weighted by Gasteiger charge is 2.36. The quantitative estimate of drug-likeness (QED) is 0.344. The third-order valence-corrected chi connectivity index (χ3v) is 3.71. The summed E-state index contributed by atoms with van der Waals surface area (Å²) in [7, 11) is -1.15. The zero-order valence-corrected chi connectivity index (χ0v) is 11.4. The van der Waals surface area contributed by atoms with Gasteiger partial charge in [-0.2, -0.15) is 11.8 Å². The summed E-state index contributed by atoms with van der Waals surface area (Å²) in [6, 6.07) is 0. The number of hydrogen-bond acceptors (Lipinski definition) is 6. The van der Waals surface area contributed by atoms with E-state index in [1.165, 1.54) is 11.8 Å². The predicted molar refractivity (Wildman–Crippen MR) is 72.6 cm³/mol. The van der Waals surface area contributed by atoms with Crippen LogP contribution in [0.4, 0.5) is 0 Å². The fourth-order valence-electron chi connectivity index (χ4n) is 1.85. The number of carboxylic acids is 1. The largest absolute Gasteiger partial charge is 0.481 e. The van der Waals surface area contributed by atoms with Crippen LogP contribution < -0.4 is 11.1 Å². The van der Waals surface area contributed by atoms with Crippen LogP contribution in [0.3, 0.4) is 0 Å². The Bertz CT molecular complexity index is 320. The van der Waals surface area contributed by atoms with Gasteiger partial charge in [-0.1, -0.05) is 0 Å². The molecule has 108 valence electrons. The van der Waals surface area contributed by atoms with Crippen molar-refractivity contribution in [3.8, 4) is 0 Å². The van der Waals surface area contributed by atoms with Crippen LogP contribution in [0.15, 0.2) is 0 Å². The molecular formula is C10H19BN2O5S. The lowest BCUT2D eigenvalue weighted by atomic mass is 9.72. The van der Waals surface area contributed by atoms with E-state index in [1.54, 1.807) is 0 Å². The molecule has 9 heteroatoms. The summed E-state index contributed by atoms with van der Waals surface area (Å²) >= 11 is 1.42. The second-order valence-corrected chi connectivity index (χ2v) is 5.44. The number of carbonyl (C=O) groups is 2. The van der Waals surface area contributed by atoms with E-state index in [0.717, 1.165) is 0 Å². The van der Waals surface area contributed by atoms with Crippen LogP contribution in [0.1, 0.15) is 19.3 Å². The average Bonchev–Trinajstić information content (AvgIpc) is 2.32. The van der Waals surface area contributed by atoms with Crippen LogP contribution in [0.2, 0.25) is 0 Å². The van der Waals surface area contributed by atoms with Gasteiger partial charge in [-0.15, -0.1) is 0 Å². The lowest BCUT2D eigenvalue weighted by Crippen LogP contribution is -2.53. The molecule has 1 saturated heterocycles.